The third-order valence-electron chi connectivity index (χ3n) is 3.45. The van der Waals surface area contributed by atoms with Gasteiger partial charge in [0.2, 0.25) is 0 Å². The van der Waals surface area contributed by atoms with Gasteiger partial charge in [-0.2, -0.15) is 0 Å². The minimum absolute atomic E-state index is 0.0519. The van der Waals surface area contributed by atoms with E-state index in [1.165, 1.54) is 12.8 Å². The molecule has 0 atom stereocenters. The highest BCUT2D eigenvalue weighted by atomic mass is 16.5. The molecular formula is C18H29NO3. The van der Waals surface area contributed by atoms with Crippen molar-refractivity contribution in [2.24, 2.45) is 0 Å². The molecule has 22 heavy (non-hydrogen) atoms. The maximum absolute atomic E-state index is 12.2. The number of rotatable bonds is 12. The molecule has 0 spiro atoms. The summed E-state index contributed by atoms with van der Waals surface area (Å²) < 4.78 is 10.7. The molecule has 4 heteroatoms. The van der Waals surface area contributed by atoms with Crippen LogP contribution >= 0.6 is 0 Å². The van der Waals surface area contributed by atoms with Crippen LogP contribution in [0.5, 0.6) is 5.75 Å². The van der Waals surface area contributed by atoms with E-state index in [9.17, 15) is 4.79 Å². The molecule has 4 nitrogen and oxygen atoms in total. The summed E-state index contributed by atoms with van der Waals surface area (Å²) in [7, 11) is 1.70. The normalized spacial score (nSPS) is 10.5. The second kappa shape index (κ2) is 12.0. The Balaban J connectivity index is 2.39. The van der Waals surface area contributed by atoms with Crippen LogP contribution in [0.4, 0.5) is 0 Å². The Morgan fingerprint density at radius 1 is 1.05 bits per heavy atom. The molecule has 0 saturated carbocycles. The van der Waals surface area contributed by atoms with Crippen molar-refractivity contribution in [3.63, 3.8) is 0 Å². The lowest BCUT2D eigenvalue weighted by molar-refractivity contribution is 0.0948. The van der Waals surface area contributed by atoms with Crippen molar-refractivity contribution >= 4 is 5.91 Å². The number of methoxy groups -OCH3 is 1. The fraction of sp³-hybridized carbons (Fsp3) is 0.611. The fourth-order valence-corrected chi connectivity index (χ4v) is 2.16. The molecule has 0 aromatic heterocycles. The van der Waals surface area contributed by atoms with Crippen molar-refractivity contribution in [1.29, 1.82) is 0 Å². The molecule has 0 aliphatic heterocycles. The topological polar surface area (TPSA) is 47.6 Å². The highest BCUT2D eigenvalue weighted by Crippen LogP contribution is 2.18. The summed E-state index contributed by atoms with van der Waals surface area (Å²) in [4.78, 5) is 12.2. The van der Waals surface area contributed by atoms with Crippen LogP contribution < -0.4 is 10.1 Å². The molecule has 1 N–H and O–H groups in total. The largest absolute Gasteiger partial charge is 0.493 e. The molecule has 0 radical (unpaired) electrons. The summed E-state index contributed by atoms with van der Waals surface area (Å²) in [5, 5.41) is 2.97. The number of hydrogen-bond acceptors (Lipinski definition) is 3. The van der Waals surface area contributed by atoms with E-state index < -0.39 is 0 Å². The van der Waals surface area contributed by atoms with Gasteiger partial charge in [-0.1, -0.05) is 38.3 Å². The number of nitrogens with one attached hydrogen (secondary N) is 1. The lowest BCUT2D eigenvalue weighted by atomic mass is 10.1. The van der Waals surface area contributed by atoms with Gasteiger partial charge in [0.05, 0.1) is 12.2 Å². The van der Waals surface area contributed by atoms with Crippen molar-refractivity contribution in [2.75, 3.05) is 26.9 Å². The Bertz CT molecular complexity index is 421. The molecule has 1 rings (SSSR count). The number of carbonyl (C=O) groups is 1. The molecule has 0 aliphatic rings. The van der Waals surface area contributed by atoms with Gasteiger partial charge in [0.1, 0.15) is 5.75 Å². The Morgan fingerprint density at radius 2 is 1.82 bits per heavy atom. The molecular weight excluding hydrogens is 278 g/mol. The zero-order valence-corrected chi connectivity index (χ0v) is 13.9. The van der Waals surface area contributed by atoms with Gasteiger partial charge >= 0.3 is 0 Å². The van der Waals surface area contributed by atoms with E-state index in [-0.39, 0.29) is 5.91 Å². The van der Waals surface area contributed by atoms with Gasteiger partial charge in [0.25, 0.3) is 5.91 Å². The van der Waals surface area contributed by atoms with Crippen LogP contribution in [0.15, 0.2) is 24.3 Å². The molecule has 0 heterocycles. The van der Waals surface area contributed by atoms with Crippen molar-refractivity contribution in [3.8, 4) is 5.75 Å². The van der Waals surface area contributed by atoms with Crippen LogP contribution in [0.3, 0.4) is 0 Å². The van der Waals surface area contributed by atoms with Crippen LogP contribution in [-0.4, -0.2) is 32.8 Å². The number of hydrogen-bond donors (Lipinski definition) is 1. The van der Waals surface area contributed by atoms with Gasteiger partial charge in [-0.15, -0.1) is 0 Å². The maximum atomic E-state index is 12.2. The summed E-state index contributed by atoms with van der Waals surface area (Å²) in [6, 6.07) is 7.42. The van der Waals surface area contributed by atoms with Crippen LogP contribution in [0, 0.1) is 0 Å². The van der Waals surface area contributed by atoms with E-state index in [0.29, 0.717) is 17.9 Å². The zero-order valence-electron chi connectivity index (χ0n) is 13.9. The molecule has 0 saturated heterocycles. The first-order chi connectivity index (χ1) is 10.8. The molecule has 0 bridgehead atoms. The van der Waals surface area contributed by atoms with Gasteiger partial charge in [-0.3, -0.25) is 4.79 Å². The van der Waals surface area contributed by atoms with E-state index in [2.05, 4.69) is 12.2 Å². The van der Waals surface area contributed by atoms with Gasteiger partial charge in [0, 0.05) is 20.3 Å². The quantitative estimate of drug-likeness (QED) is 0.597. The van der Waals surface area contributed by atoms with E-state index in [1.54, 1.807) is 7.11 Å². The predicted molar refractivity (Wildman–Crippen MR) is 89.5 cm³/mol. The van der Waals surface area contributed by atoms with Crippen LogP contribution in [0.25, 0.3) is 0 Å². The van der Waals surface area contributed by atoms with Gasteiger partial charge in [0.15, 0.2) is 0 Å². The first-order valence-corrected chi connectivity index (χ1v) is 8.28. The number of benzene rings is 1. The molecule has 0 fully saturated rings. The lowest BCUT2D eigenvalue weighted by Gasteiger charge is -2.11. The number of ether oxygens (including phenoxy) is 2. The Morgan fingerprint density at radius 3 is 2.59 bits per heavy atom. The summed E-state index contributed by atoms with van der Waals surface area (Å²) in [6.45, 7) is 4.24. The van der Waals surface area contributed by atoms with Crippen LogP contribution in [0.2, 0.25) is 0 Å². The zero-order chi connectivity index (χ0) is 16.0. The minimum atomic E-state index is -0.0519. The second-order valence-corrected chi connectivity index (χ2v) is 5.36. The summed E-state index contributed by atoms with van der Waals surface area (Å²) in [5.41, 5.74) is 0.615. The average molecular weight is 307 g/mol. The highest BCUT2D eigenvalue weighted by Gasteiger charge is 2.11. The average Bonchev–Trinajstić information content (AvgIpc) is 2.54. The first kappa shape index (κ1) is 18.5. The van der Waals surface area contributed by atoms with E-state index >= 15 is 0 Å². The standard InChI is InChI=1S/C18H29NO3/c1-3-4-5-8-13-19-18(20)16-11-6-7-12-17(16)22-15-10-9-14-21-2/h6-7,11-12H,3-5,8-10,13-15H2,1-2H3,(H,19,20). The van der Waals surface area contributed by atoms with Crippen molar-refractivity contribution in [3.05, 3.63) is 29.8 Å². The van der Waals surface area contributed by atoms with E-state index in [1.807, 2.05) is 24.3 Å². The van der Waals surface area contributed by atoms with Crippen molar-refractivity contribution in [2.45, 2.75) is 45.4 Å². The van der Waals surface area contributed by atoms with Gasteiger partial charge < -0.3 is 14.8 Å². The summed E-state index contributed by atoms with van der Waals surface area (Å²) in [6.07, 6.45) is 6.49. The van der Waals surface area contributed by atoms with E-state index in [4.69, 9.17) is 9.47 Å². The maximum Gasteiger partial charge on any atom is 0.255 e. The molecule has 0 aliphatic carbocycles. The minimum Gasteiger partial charge on any atom is -0.493 e. The van der Waals surface area contributed by atoms with Crippen molar-refractivity contribution < 1.29 is 14.3 Å². The number of para-hydroxylation sites is 1. The Labute approximate surface area is 134 Å². The SMILES string of the molecule is CCCCCCNC(=O)c1ccccc1OCCCCOC. The second-order valence-electron chi connectivity index (χ2n) is 5.36. The Kier molecular flexibility index (Phi) is 10.1. The number of amides is 1. The fourth-order valence-electron chi connectivity index (χ4n) is 2.16. The van der Waals surface area contributed by atoms with Gasteiger partial charge in [-0.05, 0) is 31.4 Å². The molecule has 124 valence electrons. The van der Waals surface area contributed by atoms with Crippen LogP contribution in [-0.2, 0) is 4.74 Å². The third-order valence-corrected chi connectivity index (χ3v) is 3.45. The summed E-state index contributed by atoms with van der Waals surface area (Å²) >= 11 is 0. The first-order valence-electron chi connectivity index (χ1n) is 8.28. The molecule has 1 aromatic rings. The summed E-state index contributed by atoms with van der Waals surface area (Å²) in [5.74, 6) is 0.606. The molecule has 1 amide bonds. The highest BCUT2D eigenvalue weighted by molar-refractivity contribution is 5.96. The molecule has 1 aromatic carbocycles. The molecule has 0 unspecified atom stereocenters. The van der Waals surface area contributed by atoms with E-state index in [0.717, 1.165) is 38.8 Å². The van der Waals surface area contributed by atoms with Crippen molar-refractivity contribution in [1.82, 2.24) is 5.32 Å². The monoisotopic (exact) mass is 307 g/mol. The number of unbranched alkanes of at least 4 members (excludes halogenated alkanes) is 4. The number of carbonyl (C=O) groups excluding carboxylic acids is 1. The van der Waals surface area contributed by atoms with Gasteiger partial charge in [-0.25, -0.2) is 0 Å². The predicted octanol–water partition coefficient (Wildman–Crippen LogP) is 3.80. The Hall–Kier alpha value is -1.55. The third kappa shape index (κ3) is 7.46. The van der Waals surface area contributed by atoms with Crippen LogP contribution in [0.1, 0.15) is 55.8 Å². The lowest BCUT2D eigenvalue weighted by Crippen LogP contribution is -2.25. The smallest absolute Gasteiger partial charge is 0.255 e.